The van der Waals surface area contributed by atoms with Crippen LogP contribution in [0.5, 0.6) is 0 Å². The van der Waals surface area contributed by atoms with Crippen molar-refractivity contribution in [2.45, 2.75) is 19.8 Å². The van der Waals surface area contributed by atoms with Crippen molar-refractivity contribution in [3.8, 4) is 0 Å². The van der Waals surface area contributed by atoms with E-state index in [1.54, 1.807) is 12.1 Å². The number of hydrogen-bond acceptors (Lipinski definition) is 2. The molecule has 0 aliphatic heterocycles. The summed E-state index contributed by atoms with van der Waals surface area (Å²) in [6.07, 6.45) is 0. The molecule has 1 aromatic rings. The summed E-state index contributed by atoms with van der Waals surface area (Å²) in [5.74, 6) is 0.105. The summed E-state index contributed by atoms with van der Waals surface area (Å²) in [5.41, 5.74) is 1.55. The normalized spacial score (nSPS) is 10.6. The van der Waals surface area contributed by atoms with Crippen molar-refractivity contribution in [1.82, 2.24) is 0 Å². The predicted molar refractivity (Wildman–Crippen MR) is 56.1 cm³/mol. The molecule has 0 aliphatic rings. The second kappa shape index (κ2) is 4.96. The van der Waals surface area contributed by atoms with Gasteiger partial charge in [-0.15, -0.1) is 0 Å². The van der Waals surface area contributed by atoms with Crippen LogP contribution in [0.3, 0.4) is 0 Å². The Morgan fingerprint density at radius 3 is 2.71 bits per heavy atom. The Kier molecular flexibility index (Phi) is 3.89. The number of hydrogen-bond donors (Lipinski definition) is 2. The largest absolute Gasteiger partial charge is 0.395 e. The first-order chi connectivity index (χ1) is 6.65. The summed E-state index contributed by atoms with van der Waals surface area (Å²) in [4.78, 5) is 0. The van der Waals surface area contributed by atoms with Crippen molar-refractivity contribution < 1.29 is 9.50 Å². The SMILES string of the molecule is CC(C)c1ccc(F)c(NCCO)c1. The van der Waals surface area contributed by atoms with E-state index in [2.05, 4.69) is 19.2 Å². The summed E-state index contributed by atoms with van der Waals surface area (Å²) < 4.78 is 13.2. The van der Waals surface area contributed by atoms with Gasteiger partial charge < -0.3 is 10.4 Å². The number of aliphatic hydroxyl groups is 1. The Labute approximate surface area is 83.8 Å². The van der Waals surface area contributed by atoms with Gasteiger partial charge in [0, 0.05) is 6.54 Å². The van der Waals surface area contributed by atoms with Crippen LogP contribution in [0.1, 0.15) is 25.3 Å². The second-order valence-electron chi connectivity index (χ2n) is 3.54. The maximum atomic E-state index is 13.2. The molecule has 0 aliphatic carbocycles. The van der Waals surface area contributed by atoms with E-state index in [1.807, 2.05) is 0 Å². The molecule has 0 atom stereocenters. The molecule has 2 nitrogen and oxygen atoms in total. The van der Waals surface area contributed by atoms with E-state index in [-0.39, 0.29) is 12.4 Å². The number of aliphatic hydroxyl groups excluding tert-OH is 1. The molecular weight excluding hydrogens is 181 g/mol. The molecule has 0 fully saturated rings. The fraction of sp³-hybridized carbons (Fsp3) is 0.455. The van der Waals surface area contributed by atoms with Crippen LogP contribution in [-0.4, -0.2) is 18.3 Å². The highest BCUT2D eigenvalue weighted by Crippen LogP contribution is 2.21. The van der Waals surface area contributed by atoms with Gasteiger partial charge in [0.25, 0.3) is 0 Å². The van der Waals surface area contributed by atoms with E-state index in [0.717, 1.165) is 5.56 Å². The second-order valence-corrected chi connectivity index (χ2v) is 3.54. The van der Waals surface area contributed by atoms with E-state index in [9.17, 15) is 4.39 Å². The minimum atomic E-state index is -0.275. The van der Waals surface area contributed by atoms with Gasteiger partial charge in [0.2, 0.25) is 0 Å². The number of nitrogens with one attached hydrogen (secondary N) is 1. The van der Waals surface area contributed by atoms with Crippen LogP contribution in [-0.2, 0) is 0 Å². The Morgan fingerprint density at radius 2 is 2.14 bits per heavy atom. The van der Waals surface area contributed by atoms with Crippen molar-refractivity contribution in [3.63, 3.8) is 0 Å². The molecule has 0 radical (unpaired) electrons. The minimum absolute atomic E-state index is 0.00530. The predicted octanol–water partition coefficient (Wildman–Crippen LogP) is 2.35. The van der Waals surface area contributed by atoms with Gasteiger partial charge in [-0.3, -0.25) is 0 Å². The monoisotopic (exact) mass is 197 g/mol. The van der Waals surface area contributed by atoms with Gasteiger partial charge in [-0.25, -0.2) is 4.39 Å². The summed E-state index contributed by atoms with van der Waals surface area (Å²) in [5, 5.41) is 11.4. The van der Waals surface area contributed by atoms with Crippen LogP contribution >= 0.6 is 0 Å². The summed E-state index contributed by atoms with van der Waals surface area (Å²) in [6, 6.07) is 5.02. The number of halogens is 1. The molecule has 0 saturated heterocycles. The maximum Gasteiger partial charge on any atom is 0.146 e. The zero-order valence-electron chi connectivity index (χ0n) is 8.55. The summed E-state index contributed by atoms with van der Waals surface area (Å²) in [6.45, 7) is 4.50. The molecule has 2 N–H and O–H groups in total. The molecule has 0 bridgehead atoms. The fourth-order valence-corrected chi connectivity index (χ4v) is 1.23. The zero-order chi connectivity index (χ0) is 10.6. The smallest absolute Gasteiger partial charge is 0.146 e. The third kappa shape index (κ3) is 2.70. The number of anilines is 1. The molecule has 0 unspecified atom stereocenters. The van der Waals surface area contributed by atoms with Crippen LogP contribution in [0, 0.1) is 5.82 Å². The third-order valence-corrected chi connectivity index (χ3v) is 2.08. The van der Waals surface area contributed by atoms with E-state index >= 15 is 0 Å². The zero-order valence-corrected chi connectivity index (χ0v) is 8.55. The van der Waals surface area contributed by atoms with Crippen LogP contribution in [0.25, 0.3) is 0 Å². The lowest BCUT2D eigenvalue weighted by Crippen LogP contribution is -2.07. The highest BCUT2D eigenvalue weighted by atomic mass is 19.1. The number of benzene rings is 1. The first kappa shape index (κ1) is 11.0. The molecule has 14 heavy (non-hydrogen) atoms. The molecule has 0 aromatic heterocycles. The first-order valence-corrected chi connectivity index (χ1v) is 4.79. The summed E-state index contributed by atoms with van der Waals surface area (Å²) >= 11 is 0. The maximum absolute atomic E-state index is 13.2. The van der Waals surface area contributed by atoms with Crippen molar-refractivity contribution in [2.75, 3.05) is 18.5 Å². The lowest BCUT2D eigenvalue weighted by atomic mass is 10.0. The average Bonchev–Trinajstić information content (AvgIpc) is 2.16. The van der Waals surface area contributed by atoms with Crippen LogP contribution in [0.4, 0.5) is 10.1 Å². The average molecular weight is 197 g/mol. The Hall–Kier alpha value is -1.09. The molecular formula is C11H16FNO. The topological polar surface area (TPSA) is 32.3 Å². The Morgan fingerprint density at radius 1 is 1.43 bits per heavy atom. The van der Waals surface area contributed by atoms with Gasteiger partial charge in [-0.2, -0.15) is 0 Å². The van der Waals surface area contributed by atoms with Gasteiger partial charge in [0.1, 0.15) is 5.82 Å². The first-order valence-electron chi connectivity index (χ1n) is 4.79. The van der Waals surface area contributed by atoms with Crippen LogP contribution < -0.4 is 5.32 Å². The molecule has 0 amide bonds. The van der Waals surface area contributed by atoms with E-state index in [0.29, 0.717) is 18.2 Å². The van der Waals surface area contributed by atoms with Gasteiger partial charge in [-0.1, -0.05) is 19.9 Å². The molecule has 0 heterocycles. The molecule has 0 saturated carbocycles. The third-order valence-electron chi connectivity index (χ3n) is 2.08. The molecule has 3 heteroatoms. The standard InChI is InChI=1S/C11H16FNO/c1-8(2)9-3-4-10(12)11(7-9)13-5-6-14/h3-4,7-8,13-14H,5-6H2,1-2H3. The lowest BCUT2D eigenvalue weighted by molar-refractivity contribution is 0.311. The Bertz CT molecular complexity index is 299. The van der Waals surface area contributed by atoms with E-state index < -0.39 is 0 Å². The molecule has 1 rings (SSSR count). The quantitative estimate of drug-likeness (QED) is 0.776. The van der Waals surface area contributed by atoms with Crippen molar-refractivity contribution in [3.05, 3.63) is 29.6 Å². The highest BCUT2D eigenvalue weighted by molar-refractivity contribution is 5.47. The molecule has 1 aromatic carbocycles. The summed E-state index contributed by atoms with van der Waals surface area (Å²) in [7, 11) is 0. The Balaban J connectivity index is 2.85. The van der Waals surface area contributed by atoms with Crippen LogP contribution in [0.15, 0.2) is 18.2 Å². The van der Waals surface area contributed by atoms with Gasteiger partial charge in [-0.05, 0) is 23.6 Å². The highest BCUT2D eigenvalue weighted by Gasteiger charge is 2.05. The van der Waals surface area contributed by atoms with E-state index in [1.165, 1.54) is 6.07 Å². The van der Waals surface area contributed by atoms with Gasteiger partial charge in [0.15, 0.2) is 0 Å². The fourth-order valence-electron chi connectivity index (χ4n) is 1.23. The van der Waals surface area contributed by atoms with Crippen molar-refractivity contribution in [2.24, 2.45) is 0 Å². The van der Waals surface area contributed by atoms with Gasteiger partial charge >= 0.3 is 0 Å². The van der Waals surface area contributed by atoms with Crippen molar-refractivity contribution >= 4 is 5.69 Å². The minimum Gasteiger partial charge on any atom is -0.395 e. The molecule has 78 valence electrons. The van der Waals surface area contributed by atoms with Crippen LogP contribution in [0.2, 0.25) is 0 Å². The van der Waals surface area contributed by atoms with Gasteiger partial charge in [0.05, 0.1) is 12.3 Å². The van der Waals surface area contributed by atoms with E-state index in [4.69, 9.17) is 5.11 Å². The molecule has 0 spiro atoms. The number of rotatable bonds is 4. The lowest BCUT2D eigenvalue weighted by Gasteiger charge is -2.10. The van der Waals surface area contributed by atoms with Crippen molar-refractivity contribution in [1.29, 1.82) is 0 Å².